The summed E-state index contributed by atoms with van der Waals surface area (Å²) in [5, 5.41) is 6.25. The maximum absolute atomic E-state index is 11.8. The normalized spacial score (nSPS) is 15.4. The van der Waals surface area contributed by atoms with Gasteiger partial charge < -0.3 is 10.6 Å². The molecule has 0 aliphatic carbocycles. The molecule has 0 aromatic carbocycles. The zero-order valence-corrected chi connectivity index (χ0v) is 13.0. The van der Waals surface area contributed by atoms with Crippen LogP contribution >= 0.6 is 24.8 Å². The highest BCUT2D eigenvalue weighted by Crippen LogP contribution is 1.96. The smallest absolute Gasteiger partial charge is 0.234 e. The van der Waals surface area contributed by atoms with Crippen molar-refractivity contribution in [2.75, 3.05) is 32.7 Å². The second kappa shape index (κ2) is 10.9. The van der Waals surface area contributed by atoms with E-state index in [1.807, 2.05) is 12.1 Å². The predicted molar refractivity (Wildman–Crippen MR) is 84.5 cm³/mol. The van der Waals surface area contributed by atoms with Crippen LogP contribution < -0.4 is 10.6 Å². The second-order valence-electron chi connectivity index (χ2n) is 4.52. The van der Waals surface area contributed by atoms with Crippen molar-refractivity contribution in [2.24, 2.45) is 0 Å². The summed E-state index contributed by atoms with van der Waals surface area (Å²) < 4.78 is 0. The second-order valence-corrected chi connectivity index (χ2v) is 4.52. The number of pyridine rings is 1. The number of rotatable bonds is 4. The van der Waals surface area contributed by atoms with Gasteiger partial charge in [-0.2, -0.15) is 0 Å². The van der Waals surface area contributed by atoms with Crippen LogP contribution in [0.1, 0.15) is 12.0 Å². The zero-order chi connectivity index (χ0) is 12.6. The van der Waals surface area contributed by atoms with Gasteiger partial charge in [0, 0.05) is 32.0 Å². The molecule has 0 unspecified atom stereocenters. The van der Waals surface area contributed by atoms with Gasteiger partial charge in [0.15, 0.2) is 0 Å². The van der Waals surface area contributed by atoms with Gasteiger partial charge in [0.05, 0.1) is 6.54 Å². The zero-order valence-electron chi connectivity index (χ0n) is 11.4. The van der Waals surface area contributed by atoms with Gasteiger partial charge in [-0.25, -0.2) is 0 Å². The highest BCUT2D eigenvalue weighted by molar-refractivity contribution is 5.85. The van der Waals surface area contributed by atoms with E-state index in [4.69, 9.17) is 0 Å². The molecule has 20 heavy (non-hydrogen) atoms. The highest BCUT2D eigenvalue weighted by Gasteiger charge is 2.12. The van der Waals surface area contributed by atoms with Gasteiger partial charge in [-0.3, -0.25) is 14.7 Å². The molecule has 2 heterocycles. The summed E-state index contributed by atoms with van der Waals surface area (Å²) in [6.07, 6.45) is 4.61. The average molecular weight is 321 g/mol. The first kappa shape index (κ1) is 19.1. The first-order valence-corrected chi connectivity index (χ1v) is 6.43. The maximum atomic E-state index is 11.8. The Hall–Kier alpha value is -0.880. The Morgan fingerprint density at radius 3 is 2.95 bits per heavy atom. The van der Waals surface area contributed by atoms with E-state index in [0.717, 1.165) is 38.2 Å². The Morgan fingerprint density at radius 1 is 1.35 bits per heavy atom. The third-order valence-corrected chi connectivity index (χ3v) is 3.01. The van der Waals surface area contributed by atoms with Gasteiger partial charge in [-0.05, 0) is 31.1 Å². The Labute approximate surface area is 132 Å². The Balaban J connectivity index is 0.00000180. The van der Waals surface area contributed by atoms with Gasteiger partial charge in [-0.1, -0.05) is 6.07 Å². The first-order valence-electron chi connectivity index (χ1n) is 6.43. The van der Waals surface area contributed by atoms with Crippen molar-refractivity contribution in [3.63, 3.8) is 0 Å². The van der Waals surface area contributed by atoms with Gasteiger partial charge in [0.2, 0.25) is 5.91 Å². The Kier molecular flexibility index (Phi) is 10.4. The lowest BCUT2D eigenvalue weighted by atomic mass is 10.3. The number of carbonyl (C=O) groups excluding carboxylic acids is 1. The van der Waals surface area contributed by atoms with Crippen LogP contribution in [-0.4, -0.2) is 48.5 Å². The molecule has 7 heteroatoms. The van der Waals surface area contributed by atoms with Crippen LogP contribution in [-0.2, 0) is 11.3 Å². The van der Waals surface area contributed by atoms with Crippen molar-refractivity contribution >= 4 is 30.7 Å². The van der Waals surface area contributed by atoms with E-state index in [0.29, 0.717) is 13.1 Å². The molecular weight excluding hydrogens is 299 g/mol. The van der Waals surface area contributed by atoms with Crippen molar-refractivity contribution in [3.8, 4) is 0 Å². The molecule has 1 aliphatic rings. The standard InChI is InChI=1S/C13H20N4O.2ClH/c18-13(11-17-7-2-5-14-6-8-17)16-10-12-3-1-4-15-9-12;;/h1,3-4,9,14H,2,5-8,10-11H2,(H,16,18);2*1H. The van der Waals surface area contributed by atoms with Crippen molar-refractivity contribution in [1.29, 1.82) is 0 Å². The molecular formula is C13H22Cl2N4O. The summed E-state index contributed by atoms with van der Waals surface area (Å²) in [7, 11) is 0. The number of nitrogens with zero attached hydrogens (tertiary/aromatic N) is 2. The molecule has 114 valence electrons. The quantitative estimate of drug-likeness (QED) is 0.863. The van der Waals surface area contributed by atoms with Crippen LogP contribution in [0.15, 0.2) is 24.5 Å². The van der Waals surface area contributed by atoms with Crippen molar-refractivity contribution in [1.82, 2.24) is 20.5 Å². The van der Waals surface area contributed by atoms with Crippen molar-refractivity contribution in [2.45, 2.75) is 13.0 Å². The number of hydrogen-bond acceptors (Lipinski definition) is 4. The van der Waals surface area contributed by atoms with Gasteiger partial charge >= 0.3 is 0 Å². The van der Waals surface area contributed by atoms with E-state index >= 15 is 0 Å². The van der Waals surface area contributed by atoms with Crippen LogP contribution in [0.5, 0.6) is 0 Å². The summed E-state index contributed by atoms with van der Waals surface area (Å²) in [4.78, 5) is 18.0. The number of carbonyl (C=O) groups is 1. The Morgan fingerprint density at radius 2 is 2.20 bits per heavy atom. The molecule has 2 N–H and O–H groups in total. The average Bonchev–Trinajstić information content (AvgIpc) is 2.66. The molecule has 1 amide bonds. The molecule has 1 saturated heterocycles. The SMILES string of the molecule is Cl.Cl.O=C(CN1CCCNCC1)NCc1cccnc1. The molecule has 0 bridgehead atoms. The van der Waals surface area contributed by atoms with Crippen LogP contribution in [0.25, 0.3) is 0 Å². The minimum atomic E-state index is 0. The van der Waals surface area contributed by atoms with Crippen LogP contribution in [0.3, 0.4) is 0 Å². The minimum absolute atomic E-state index is 0. The van der Waals surface area contributed by atoms with Gasteiger partial charge in [-0.15, -0.1) is 24.8 Å². The fourth-order valence-corrected chi connectivity index (χ4v) is 2.02. The Bertz CT molecular complexity index is 370. The molecule has 0 spiro atoms. The number of aromatic nitrogens is 1. The van der Waals surface area contributed by atoms with Gasteiger partial charge in [0.1, 0.15) is 0 Å². The monoisotopic (exact) mass is 320 g/mol. The summed E-state index contributed by atoms with van der Waals surface area (Å²) >= 11 is 0. The van der Waals surface area contributed by atoms with Gasteiger partial charge in [0.25, 0.3) is 0 Å². The van der Waals surface area contributed by atoms with Crippen LogP contribution in [0.2, 0.25) is 0 Å². The first-order chi connectivity index (χ1) is 8.84. The number of amides is 1. The summed E-state index contributed by atoms with van der Waals surface area (Å²) in [6, 6.07) is 3.84. The third-order valence-electron chi connectivity index (χ3n) is 3.01. The van der Waals surface area contributed by atoms with E-state index in [9.17, 15) is 4.79 Å². The third kappa shape index (κ3) is 7.05. The fraction of sp³-hybridized carbons (Fsp3) is 0.538. The molecule has 1 aliphatic heterocycles. The van der Waals surface area contributed by atoms with Crippen molar-refractivity contribution < 1.29 is 4.79 Å². The van der Waals surface area contributed by atoms with Crippen molar-refractivity contribution in [3.05, 3.63) is 30.1 Å². The van der Waals surface area contributed by atoms with Crippen LogP contribution in [0, 0.1) is 0 Å². The minimum Gasteiger partial charge on any atom is -0.351 e. The summed E-state index contributed by atoms with van der Waals surface area (Å²) in [5.41, 5.74) is 1.03. The molecule has 1 aromatic heterocycles. The molecule has 1 aromatic rings. The maximum Gasteiger partial charge on any atom is 0.234 e. The summed E-state index contributed by atoms with van der Waals surface area (Å²) in [6.45, 7) is 5.00. The van der Waals surface area contributed by atoms with E-state index in [2.05, 4.69) is 20.5 Å². The highest BCUT2D eigenvalue weighted by atomic mass is 35.5. The molecule has 0 radical (unpaired) electrons. The van der Waals surface area contributed by atoms with E-state index < -0.39 is 0 Å². The largest absolute Gasteiger partial charge is 0.351 e. The topological polar surface area (TPSA) is 57.3 Å². The fourth-order valence-electron chi connectivity index (χ4n) is 2.02. The van der Waals surface area contributed by atoms with Crippen LogP contribution in [0.4, 0.5) is 0 Å². The molecule has 1 fully saturated rings. The number of nitrogens with one attached hydrogen (secondary N) is 2. The predicted octanol–water partition coefficient (Wildman–Crippen LogP) is 0.837. The molecule has 5 nitrogen and oxygen atoms in total. The number of hydrogen-bond donors (Lipinski definition) is 2. The summed E-state index contributed by atoms with van der Waals surface area (Å²) in [5.74, 6) is 0.0840. The molecule has 0 saturated carbocycles. The molecule has 0 atom stereocenters. The lowest BCUT2D eigenvalue weighted by Crippen LogP contribution is -2.38. The lowest BCUT2D eigenvalue weighted by molar-refractivity contribution is -0.122. The lowest BCUT2D eigenvalue weighted by Gasteiger charge is -2.18. The van der Waals surface area contributed by atoms with E-state index in [1.165, 1.54) is 0 Å². The van der Waals surface area contributed by atoms with E-state index in [-0.39, 0.29) is 30.7 Å². The van der Waals surface area contributed by atoms with E-state index in [1.54, 1.807) is 12.4 Å². The molecule has 2 rings (SSSR count). The number of halogens is 2.